The summed E-state index contributed by atoms with van der Waals surface area (Å²) in [5, 5.41) is 6.53. The van der Waals surface area contributed by atoms with Gasteiger partial charge in [0.2, 0.25) is 0 Å². The number of nitrogens with one attached hydrogen (secondary N) is 1. The normalized spacial score (nSPS) is 12.5. The molecular weight excluding hydrogens is 386 g/mol. The van der Waals surface area contributed by atoms with Gasteiger partial charge in [-0.1, -0.05) is 0 Å². The van der Waals surface area contributed by atoms with Crippen molar-refractivity contribution in [2.24, 2.45) is 0 Å². The van der Waals surface area contributed by atoms with Crippen LogP contribution in [0.2, 0.25) is 0 Å². The van der Waals surface area contributed by atoms with Gasteiger partial charge in [-0.2, -0.15) is 31.4 Å². The van der Waals surface area contributed by atoms with Crippen LogP contribution in [-0.4, -0.2) is 32.1 Å². The lowest BCUT2D eigenvalue weighted by Crippen LogP contribution is -2.24. The van der Waals surface area contributed by atoms with Gasteiger partial charge in [0, 0.05) is 0 Å². The summed E-state index contributed by atoms with van der Waals surface area (Å²) in [6, 6.07) is 0.696. The quantitative estimate of drug-likeness (QED) is 0.632. The zero-order valence-electron chi connectivity index (χ0n) is 10.1. The molecule has 0 bridgehead atoms. The molecule has 0 fully saturated rings. The molecular formula is C10H3BrF6N4O. The lowest BCUT2D eigenvalue weighted by atomic mass is 10.1. The second-order valence-electron chi connectivity index (χ2n) is 3.87. The summed E-state index contributed by atoms with van der Waals surface area (Å²) < 4.78 is 74.7. The number of rotatable bonds is 2. The van der Waals surface area contributed by atoms with E-state index in [0.29, 0.717) is 6.07 Å². The number of carbonyl (C=O) groups excluding carboxylic acids is 1. The predicted octanol–water partition coefficient (Wildman–Crippen LogP) is 3.39. The number of H-pyrrole nitrogens is 1. The molecule has 0 unspecified atom stereocenters. The predicted molar refractivity (Wildman–Crippen MR) is 62.7 cm³/mol. The Morgan fingerprint density at radius 2 is 1.82 bits per heavy atom. The van der Waals surface area contributed by atoms with Gasteiger partial charge < -0.3 is 4.98 Å². The van der Waals surface area contributed by atoms with Gasteiger partial charge in [0.15, 0.2) is 11.5 Å². The van der Waals surface area contributed by atoms with Gasteiger partial charge in [-0.3, -0.25) is 4.79 Å². The SMILES string of the molecule is O=C(c1ccnnc1-c1nc(Br)c(C(F)(F)F)[nH]1)C(F)(F)F. The van der Waals surface area contributed by atoms with Crippen molar-refractivity contribution in [1.82, 2.24) is 20.2 Å². The van der Waals surface area contributed by atoms with Crippen molar-refractivity contribution in [3.8, 4) is 11.5 Å². The zero-order valence-corrected chi connectivity index (χ0v) is 11.6. The Morgan fingerprint density at radius 3 is 2.32 bits per heavy atom. The highest BCUT2D eigenvalue weighted by molar-refractivity contribution is 9.10. The maximum atomic E-state index is 12.6. The maximum Gasteiger partial charge on any atom is 0.454 e. The summed E-state index contributed by atoms with van der Waals surface area (Å²) in [4.78, 5) is 16.5. The molecule has 0 saturated heterocycles. The third-order valence-corrected chi connectivity index (χ3v) is 2.96. The average molecular weight is 389 g/mol. The molecule has 118 valence electrons. The number of hydrogen-bond donors (Lipinski definition) is 1. The Balaban J connectivity index is 2.58. The molecule has 0 radical (unpaired) electrons. The number of alkyl halides is 6. The van der Waals surface area contributed by atoms with Gasteiger partial charge in [0.05, 0.1) is 11.8 Å². The molecule has 2 rings (SSSR count). The molecule has 0 aromatic carbocycles. The van der Waals surface area contributed by atoms with E-state index in [9.17, 15) is 31.1 Å². The highest BCUT2D eigenvalue weighted by Crippen LogP contribution is 2.35. The maximum absolute atomic E-state index is 12.6. The fourth-order valence-electron chi connectivity index (χ4n) is 1.49. The average Bonchev–Trinajstić information content (AvgIpc) is 2.79. The molecule has 0 amide bonds. The monoisotopic (exact) mass is 388 g/mol. The topological polar surface area (TPSA) is 71.5 Å². The second-order valence-corrected chi connectivity index (χ2v) is 4.62. The molecule has 0 spiro atoms. The number of Topliss-reactive ketones (excluding diaryl/α,β-unsaturated/α-hetero) is 1. The number of ketones is 1. The third-order valence-electron chi connectivity index (χ3n) is 2.39. The summed E-state index contributed by atoms with van der Waals surface area (Å²) in [7, 11) is 0. The summed E-state index contributed by atoms with van der Waals surface area (Å²) in [5.74, 6) is -2.93. The molecule has 2 aromatic rings. The fraction of sp³-hybridized carbons (Fsp3) is 0.200. The zero-order chi connectivity index (χ0) is 16.7. The van der Waals surface area contributed by atoms with E-state index in [0.717, 1.165) is 6.20 Å². The second kappa shape index (κ2) is 5.34. The van der Waals surface area contributed by atoms with E-state index in [-0.39, 0.29) is 0 Å². The first-order valence-corrected chi connectivity index (χ1v) is 6.07. The molecule has 0 saturated carbocycles. The van der Waals surface area contributed by atoms with E-state index in [1.807, 2.05) is 0 Å². The van der Waals surface area contributed by atoms with Gasteiger partial charge in [0.1, 0.15) is 10.3 Å². The smallest absolute Gasteiger partial charge is 0.332 e. The van der Waals surface area contributed by atoms with Gasteiger partial charge in [-0.25, -0.2) is 4.98 Å². The van der Waals surface area contributed by atoms with Crippen molar-refractivity contribution in [1.29, 1.82) is 0 Å². The molecule has 0 atom stereocenters. The third kappa shape index (κ3) is 3.10. The van der Waals surface area contributed by atoms with E-state index in [2.05, 4.69) is 31.1 Å². The van der Waals surface area contributed by atoms with Crippen LogP contribution in [0.4, 0.5) is 26.3 Å². The van der Waals surface area contributed by atoms with Gasteiger partial charge >= 0.3 is 12.4 Å². The van der Waals surface area contributed by atoms with E-state index in [1.165, 1.54) is 0 Å². The first-order valence-electron chi connectivity index (χ1n) is 5.28. The molecule has 2 heterocycles. The van der Waals surface area contributed by atoms with E-state index in [1.54, 1.807) is 4.98 Å². The van der Waals surface area contributed by atoms with Crippen LogP contribution in [0.1, 0.15) is 16.1 Å². The first-order chi connectivity index (χ1) is 10.0. The molecule has 0 aliphatic heterocycles. The Labute approximate surface area is 125 Å². The molecule has 1 N–H and O–H groups in total. The number of aromatic nitrogens is 4. The van der Waals surface area contributed by atoms with Crippen LogP contribution in [0.5, 0.6) is 0 Å². The molecule has 0 aliphatic carbocycles. The molecule has 12 heteroatoms. The van der Waals surface area contributed by atoms with E-state index >= 15 is 0 Å². The van der Waals surface area contributed by atoms with E-state index in [4.69, 9.17) is 0 Å². The van der Waals surface area contributed by atoms with Gasteiger partial charge in [0.25, 0.3) is 5.78 Å². The van der Waals surface area contributed by atoms with Crippen molar-refractivity contribution in [2.75, 3.05) is 0 Å². The van der Waals surface area contributed by atoms with Gasteiger partial charge in [-0.15, -0.1) is 5.10 Å². The largest absolute Gasteiger partial charge is 0.454 e. The number of halogens is 7. The Hall–Kier alpha value is -1.98. The number of carbonyl (C=O) groups is 1. The summed E-state index contributed by atoms with van der Waals surface area (Å²) >= 11 is 2.53. The Morgan fingerprint density at radius 1 is 1.18 bits per heavy atom. The molecule has 22 heavy (non-hydrogen) atoms. The van der Waals surface area contributed by atoms with Crippen molar-refractivity contribution in [2.45, 2.75) is 12.4 Å². The molecule has 2 aromatic heterocycles. The van der Waals surface area contributed by atoms with Crippen LogP contribution >= 0.6 is 15.9 Å². The van der Waals surface area contributed by atoms with Crippen molar-refractivity contribution >= 4 is 21.7 Å². The van der Waals surface area contributed by atoms with Gasteiger partial charge in [-0.05, 0) is 22.0 Å². The van der Waals surface area contributed by atoms with Crippen molar-refractivity contribution in [3.63, 3.8) is 0 Å². The Kier molecular flexibility index (Phi) is 3.98. The minimum atomic E-state index is -5.21. The number of hydrogen-bond acceptors (Lipinski definition) is 4. The van der Waals surface area contributed by atoms with Crippen molar-refractivity contribution in [3.05, 3.63) is 28.1 Å². The van der Waals surface area contributed by atoms with E-state index < -0.39 is 45.5 Å². The number of nitrogens with zero attached hydrogens (tertiary/aromatic N) is 3. The van der Waals surface area contributed by atoms with Crippen LogP contribution in [0, 0.1) is 0 Å². The first kappa shape index (κ1) is 16.4. The standard InChI is InChI=1S/C10H3BrF6N4O/c11-7-5(9(12,13)14)19-8(20-7)4-3(1-2-18-21-4)6(22)10(15,16)17/h1-2H,(H,19,20). The van der Waals surface area contributed by atoms with Crippen LogP contribution in [0.15, 0.2) is 16.9 Å². The highest BCUT2D eigenvalue weighted by Gasteiger charge is 2.42. The lowest BCUT2D eigenvalue weighted by Gasteiger charge is -2.07. The fourth-order valence-corrected chi connectivity index (χ4v) is 2.00. The Bertz CT molecular complexity index is 723. The number of imidazole rings is 1. The summed E-state index contributed by atoms with van der Waals surface area (Å²) in [5.41, 5.74) is -3.02. The molecule has 0 aliphatic rings. The summed E-state index contributed by atoms with van der Waals surface area (Å²) in [6.45, 7) is 0. The molecule has 5 nitrogen and oxygen atoms in total. The lowest BCUT2D eigenvalue weighted by molar-refractivity contribution is -0.141. The minimum absolute atomic E-state index is 0.667. The van der Waals surface area contributed by atoms with Crippen LogP contribution in [-0.2, 0) is 6.18 Å². The minimum Gasteiger partial charge on any atom is -0.332 e. The van der Waals surface area contributed by atoms with Crippen LogP contribution < -0.4 is 0 Å². The van der Waals surface area contributed by atoms with Crippen molar-refractivity contribution < 1.29 is 31.1 Å². The highest BCUT2D eigenvalue weighted by atomic mass is 79.9. The van der Waals surface area contributed by atoms with Crippen LogP contribution in [0.3, 0.4) is 0 Å². The summed E-state index contributed by atoms with van der Waals surface area (Å²) in [6.07, 6.45) is -9.22. The number of aromatic amines is 1. The van der Waals surface area contributed by atoms with Crippen LogP contribution in [0.25, 0.3) is 11.5 Å².